The van der Waals surface area contributed by atoms with Crippen LogP contribution in [0.25, 0.3) is 0 Å². The summed E-state index contributed by atoms with van der Waals surface area (Å²) < 4.78 is 25.1. The molecule has 102 valence electrons. The number of carbonyl (C=O) groups excluding carboxylic acids is 1. The normalized spacial score (nSPS) is 14.4. The van der Waals surface area contributed by atoms with Gasteiger partial charge in [-0.3, -0.25) is 14.3 Å². The van der Waals surface area contributed by atoms with Gasteiger partial charge < -0.3 is 10.4 Å². The van der Waals surface area contributed by atoms with Crippen molar-refractivity contribution >= 4 is 33.3 Å². The zero-order valence-corrected chi connectivity index (χ0v) is 10.7. The van der Waals surface area contributed by atoms with Crippen molar-refractivity contribution in [1.29, 1.82) is 0 Å². The number of anilines is 2. The van der Waals surface area contributed by atoms with Gasteiger partial charge in [0.1, 0.15) is 0 Å². The molecule has 8 heteroatoms. The monoisotopic (exact) mass is 284 g/mol. The van der Waals surface area contributed by atoms with Gasteiger partial charge in [-0.05, 0) is 30.2 Å². The van der Waals surface area contributed by atoms with Gasteiger partial charge in [-0.1, -0.05) is 0 Å². The van der Waals surface area contributed by atoms with Gasteiger partial charge >= 0.3 is 5.97 Å². The van der Waals surface area contributed by atoms with Gasteiger partial charge in [-0.15, -0.1) is 0 Å². The van der Waals surface area contributed by atoms with Crippen LogP contribution in [-0.2, 0) is 26.0 Å². The van der Waals surface area contributed by atoms with Gasteiger partial charge in [0, 0.05) is 17.8 Å². The van der Waals surface area contributed by atoms with Crippen LogP contribution < -0.4 is 10.0 Å². The molecule has 0 aliphatic carbocycles. The first-order valence-corrected chi connectivity index (χ1v) is 7.16. The largest absolute Gasteiger partial charge is 0.480 e. The van der Waals surface area contributed by atoms with E-state index in [0.29, 0.717) is 18.5 Å². The summed E-state index contributed by atoms with van der Waals surface area (Å²) in [6.45, 7) is 0. The highest BCUT2D eigenvalue weighted by molar-refractivity contribution is 7.93. The molecule has 1 aromatic rings. The van der Waals surface area contributed by atoms with Crippen molar-refractivity contribution in [3.8, 4) is 0 Å². The molecule has 0 unspecified atom stereocenters. The lowest BCUT2D eigenvalue weighted by Crippen LogP contribution is -2.23. The lowest BCUT2D eigenvalue weighted by molar-refractivity contribution is -0.134. The van der Waals surface area contributed by atoms with E-state index in [-0.39, 0.29) is 11.6 Å². The fourth-order valence-electron chi connectivity index (χ4n) is 1.83. The quantitative estimate of drug-likeness (QED) is 0.740. The summed E-state index contributed by atoms with van der Waals surface area (Å²) in [5.74, 6) is -2.48. The number of carbonyl (C=O) groups is 2. The molecule has 1 aliphatic heterocycles. The molecule has 7 nitrogen and oxygen atoms in total. The molecule has 0 spiro atoms. The molecule has 0 bridgehead atoms. The summed E-state index contributed by atoms with van der Waals surface area (Å²) in [6.07, 6.45) is 0.869. The molecule has 1 heterocycles. The Labute approximate surface area is 109 Å². The highest BCUT2D eigenvalue weighted by atomic mass is 32.2. The van der Waals surface area contributed by atoms with Gasteiger partial charge in [0.2, 0.25) is 15.9 Å². The zero-order chi connectivity index (χ0) is 14.0. The maximum atomic E-state index is 11.5. The molecule has 1 aromatic carbocycles. The molecule has 3 N–H and O–H groups in total. The van der Waals surface area contributed by atoms with E-state index in [1.54, 1.807) is 12.1 Å². The molecule has 19 heavy (non-hydrogen) atoms. The smallest absolute Gasteiger partial charge is 0.320 e. The Hall–Kier alpha value is -2.09. The first kappa shape index (κ1) is 13.3. The third-order valence-electron chi connectivity index (χ3n) is 2.59. The second-order valence-electron chi connectivity index (χ2n) is 4.17. The lowest BCUT2D eigenvalue weighted by Gasteiger charge is -2.17. The maximum absolute atomic E-state index is 11.5. The second-order valence-corrected chi connectivity index (χ2v) is 5.90. The van der Waals surface area contributed by atoms with E-state index in [1.807, 2.05) is 0 Å². The van der Waals surface area contributed by atoms with Gasteiger partial charge in [0.05, 0.1) is 0 Å². The van der Waals surface area contributed by atoms with Crippen molar-refractivity contribution in [2.75, 3.05) is 15.8 Å². The highest BCUT2D eigenvalue weighted by Gasteiger charge is 2.18. The first-order valence-electron chi connectivity index (χ1n) is 5.51. The van der Waals surface area contributed by atoms with Crippen LogP contribution in [0.3, 0.4) is 0 Å². The number of aryl methyl sites for hydroxylation is 1. The molecule has 1 aliphatic rings. The van der Waals surface area contributed by atoms with Crippen molar-refractivity contribution < 1.29 is 23.1 Å². The van der Waals surface area contributed by atoms with Crippen molar-refractivity contribution in [2.45, 2.75) is 12.8 Å². The number of carboxylic acid groups (broad SMARTS) is 1. The fraction of sp³-hybridized carbons (Fsp3) is 0.273. The predicted octanol–water partition coefficient (Wildman–Crippen LogP) is 0.398. The van der Waals surface area contributed by atoms with Gasteiger partial charge in [-0.2, -0.15) is 0 Å². The summed E-state index contributed by atoms with van der Waals surface area (Å²) in [6, 6.07) is 4.66. The van der Waals surface area contributed by atoms with E-state index in [2.05, 4.69) is 10.0 Å². The number of benzene rings is 1. The maximum Gasteiger partial charge on any atom is 0.320 e. The number of sulfonamides is 1. The number of hydrogen-bond donors (Lipinski definition) is 3. The topological polar surface area (TPSA) is 113 Å². The molecule has 0 aromatic heterocycles. The molecule has 1 amide bonds. The van der Waals surface area contributed by atoms with Crippen LogP contribution in [0.2, 0.25) is 0 Å². The Morgan fingerprint density at radius 2 is 2.11 bits per heavy atom. The van der Waals surface area contributed by atoms with Gasteiger partial charge in [0.25, 0.3) is 0 Å². The summed E-state index contributed by atoms with van der Waals surface area (Å²) in [5.41, 5.74) is 1.75. The standard InChI is InChI=1S/C11H12N2O5S/c14-10-4-1-7-5-8(2-3-9(7)12-10)13-19(17,18)6-11(15)16/h2-3,5,13H,1,4,6H2,(H,12,14)(H,15,16). The third kappa shape index (κ3) is 3.44. The minimum atomic E-state index is -3.91. The van der Waals surface area contributed by atoms with Crippen molar-refractivity contribution in [3.63, 3.8) is 0 Å². The Balaban J connectivity index is 2.19. The van der Waals surface area contributed by atoms with E-state index >= 15 is 0 Å². The SMILES string of the molecule is O=C(O)CS(=O)(=O)Nc1ccc2c(c1)CCC(=O)N2. The van der Waals surface area contributed by atoms with Crippen LogP contribution >= 0.6 is 0 Å². The number of rotatable bonds is 4. The van der Waals surface area contributed by atoms with Crippen molar-refractivity contribution in [1.82, 2.24) is 0 Å². The van der Waals surface area contributed by atoms with Crippen LogP contribution in [0.1, 0.15) is 12.0 Å². The molecule has 0 saturated heterocycles. The molecule has 0 fully saturated rings. The number of aliphatic carboxylic acids is 1. The number of fused-ring (bicyclic) bond motifs is 1. The average Bonchev–Trinajstić information content (AvgIpc) is 2.27. The Bertz CT molecular complexity index is 638. The Morgan fingerprint density at radius 1 is 1.37 bits per heavy atom. The molecule has 0 saturated carbocycles. The molecule has 0 atom stereocenters. The lowest BCUT2D eigenvalue weighted by atomic mass is 10.0. The van der Waals surface area contributed by atoms with E-state index in [4.69, 9.17) is 5.11 Å². The molecule has 2 rings (SSSR count). The number of amides is 1. The summed E-state index contributed by atoms with van der Waals surface area (Å²) in [7, 11) is -3.91. The summed E-state index contributed by atoms with van der Waals surface area (Å²) >= 11 is 0. The third-order valence-corrected chi connectivity index (χ3v) is 3.76. The molecular weight excluding hydrogens is 272 g/mol. The Morgan fingerprint density at radius 3 is 2.79 bits per heavy atom. The minimum absolute atomic E-state index is 0.0771. The summed E-state index contributed by atoms with van der Waals surface area (Å²) in [5, 5.41) is 11.2. The van der Waals surface area contributed by atoms with E-state index < -0.39 is 21.7 Å². The van der Waals surface area contributed by atoms with E-state index in [1.165, 1.54) is 6.07 Å². The highest BCUT2D eigenvalue weighted by Crippen LogP contribution is 2.26. The van der Waals surface area contributed by atoms with Crippen LogP contribution in [-0.4, -0.2) is 31.2 Å². The van der Waals surface area contributed by atoms with Crippen LogP contribution in [0.15, 0.2) is 18.2 Å². The van der Waals surface area contributed by atoms with Gasteiger partial charge in [0.15, 0.2) is 5.75 Å². The zero-order valence-electron chi connectivity index (χ0n) is 9.84. The Kier molecular flexibility index (Phi) is 3.43. The van der Waals surface area contributed by atoms with Crippen molar-refractivity contribution in [3.05, 3.63) is 23.8 Å². The van der Waals surface area contributed by atoms with E-state index in [0.717, 1.165) is 5.56 Å². The van der Waals surface area contributed by atoms with Crippen molar-refractivity contribution in [2.24, 2.45) is 0 Å². The van der Waals surface area contributed by atoms with E-state index in [9.17, 15) is 18.0 Å². The minimum Gasteiger partial charge on any atom is -0.480 e. The van der Waals surface area contributed by atoms with Crippen LogP contribution in [0, 0.1) is 0 Å². The number of nitrogens with one attached hydrogen (secondary N) is 2. The van der Waals surface area contributed by atoms with Crippen LogP contribution in [0.4, 0.5) is 11.4 Å². The fourth-order valence-corrected chi connectivity index (χ4v) is 2.71. The van der Waals surface area contributed by atoms with Gasteiger partial charge in [-0.25, -0.2) is 8.42 Å². The van der Waals surface area contributed by atoms with Crippen LogP contribution in [0.5, 0.6) is 0 Å². The first-order chi connectivity index (χ1) is 8.85. The number of hydrogen-bond acceptors (Lipinski definition) is 4. The average molecular weight is 284 g/mol. The second kappa shape index (κ2) is 4.88. The predicted molar refractivity (Wildman–Crippen MR) is 68.4 cm³/mol. The molecular formula is C11H12N2O5S. The number of carboxylic acids is 1. The summed E-state index contributed by atoms with van der Waals surface area (Å²) in [4.78, 5) is 21.6. The molecule has 0 radical (unpaired) electrons.